The second-order valence-corrected chi connectivity index (χ2v) is 10.1. The summed E-state index contributed by atoms with van der Waals surface area (Å²) in [7, 11) is 0. The Morgan fingerprint density at radius 2 is 1.88 bits per heavy atom. The zero-order valence-corrected chi connectivity index (χ0v) is 19.5. The molecule has 1 amide bonds. The van der Waals surface area contributed by atoms with Gasteiger partial charge in [0.2, 0.25) is 0 Å². The van der Waals surface area contributed by atoms with E-state index in [-0.39, 0.29) is 17.5 Å². The summed E-state index contributed by atoms with van der Waals surface area (Å²) in [6, 6.07) is 5.21. The number of rotatable bonds is 5. The molecule has 0 unspecified atom stereocenters. The van der Waals surface area contributed by atoms with Crippen molar-refractivity contribution in [3.05, 3.63) is 52.3 Å². The molecule has 180 valence electrons. The van der Waals surface area contributed by atoms with Crippen LogP contribution in [-0.2, 0) is 16.6 Å². The van der Waals surface area contributed by atoms with Gasteiger partial charge in [-0.1, -0.05) is 0 Å². The number of aromatic nitrogens is 2. The van der Waals surface area contributed by atoms with Crippen molar-refractivity contribution in [2.75, 3.05) is 5.32 Å². The zero-order chi connectivity index (χ0) is 24.7. The maximum absolute atomic E-state index is 13.4. The molecule has 4 rings (SSSR count). The summed E-state index contributed by atoms with van der Waals surface area (Å²) < 4.78 is 40.8. The fraction of sp³-hybridized carbons (Fsp3) is 0.417. The smallest absolute Gasteiger partial charge is 0.386 e. The zero-order valence-electron chi connectivity index (χ0n) is 18.6. The topological polar surface area (TPSA) is 92.2 Å². The van der Waals surface area contributed by atoms with Crippen molar-refractivity contribution in [2.24, 2.45) is 5.92 Å². The molecule has 10 heteroatoms. The number of fused-ring (bicyclic) bond motifs is 1. The van der Waals surface area contributed by atoms with Crippen molar-refractivity contribution in [1.29, 1.82) is 0 Å². The molecule has 0 spiro atoms. The van der Waals surface area contributed by atoms with Crippen molar-refractivity contribution in [3.8, 4) is 0 Å². The molecular weight excluding hydrogens is 467 g/mol. The molecule has 0 bridgehead atoms. The molecule has 1 fully saturated rings. The van der Waals surface area contributed by atoms with Crippen LogP contribution in [0, 0.1) is 5.92 Å². The number of carbonyl (C=O) groups excluding carboxylic acids is 2. The highest BCUT2D eigenvalue weighted by Gasteiger charge is 2.36. The van der Waals surface area contributed by atoms with Crippen LogP contribution in [0.1, 0.15) is 72.1 Å². The lowest BCUT2D eigenvalue weighted by molar-refractivity contribution is -0.138. The van der Waals surface area contributed by atoms with Crippen molar-refractivity contribution in [2.45, 2.75) is 57.2 Å². The van der Waals surface area contributed by atoms with Crippen LogP contribution in [0.4, 0.5) is 18.9 Å². The summed E-state index contributed by atoms with van der Waals surface area (Å²) in [4.78, 5) is 32.2. The van der Waals surface area contributed by atoms with E-state index in [2.05, 4.69) is 10.3 Å². The third-order valence-electron chi connectivity index (χ3n) is 6.09. The van der Waals surface area contributed by atoms with Crippen molar-refractivity contribution < 1.29 is 27.9 Å². The molecule has 0 radical (unpaired) electrons. The van der Waals surface area contributed by atoms with Crippen molar-refractivity contribution in [3.63, 3.8) is 0 Å². The van der Waals surface area contributed by atoms with E-state index in [4.69, 9.17) is 4.98 Å². The molecule has 0 atom stereocenters. The first-order chi connectivity index (χ1) is 16.0. The van der Waals surface area contributed by atoms with E-state index < -0.39 is 28.9 Å². The molecular formula is C24H24F3N3O3S. The maximum Gasteiger partial charge on any atom is 0.418 e. The van der Waals surface area contributed by atoms with E-state index in [1.165, 1.54) is 25.2 Å². The Labute approximate surface area is 198 Å². The number of thiazole rings is 1. The Bertz CT molecular complexity index is 1230. The Morgan fingerprint density at radius 3 is 2.50 bits per heavy atom. The average Bonchev–Trinajstić information content (AvgIpc) is 3.20. The maximum atomic E-state index is 13.4. The molecule has 1 aromatic carbocycles. The van der Waals surface area contributed by atoms with Gasteiger partial charge in [0.1, 0.15) is 12.0 Å². The molecule has 2 aromatic heterocycles. The first-order valence-corrected chi connectivity index (χ1v) is 11.7. The van der Waals surface area contributed by atoms with Crippen LogP contribution in [0.2, 0.25) is 0 Å². The molecule has 1 aliphatic carbocycles. The van der Waals surface area contributed by atoms with Crippen LogP contribution < -0.4 is 5.32 Å². The van der Waals surface area contributed by atoms with Crippen LogP contribution in [0.15, 0.2) is 30.5 Å². The number of benzene rings is 1. The third kappa shape index (κ3) is 4.97. The molecule has 3 aromatic rings. The Balaban J connectivity index is 1.70. The summed E-state index contributed by atoms with van der Waals surface area (Å²) in [5, 5.41) is 14.1. The lowest BCUT2D eigenvalue weighted by Gasteiger charge is -2.23. The Kier molecular flexibility index (Phi) is 6.48. The number of carbonyl (C=O) groups is 2. The highest BCUT2D eigenvalue weighted by molar-refractivity contribution is 7.18. The van der Waals surface area contributed by atoms with Gasteiger partial charge < -0.3 is 15.2 Å². The largest absolute Gasteiger partial charge is 0.418 e. The first-order valence-electron chi connectivity index (χ1n) is 10.9. The number of nitrogens with zero attached hydrogens (tertiary/aromatic N) is 2. The van der Waals surface area contributed by atoms with Crippen LogP contribution in [0.25, 0.3) is 10.2 Å². The fourth-order valence-corrected chi connectivity index (χ4v) is 5.43. The second kappa shape index (κ2) is 9.07. The first kappa shape index (κ1) is 24.3. The summed E-state index contributed by atoms with van der Waals surface area (Å²) in [5.41, 5.74) is -2.10. The summed E-state index contributed by atoms with van der Waals surface area (Å²) in [6.07, 6.45) is 0.720. The van der Waals surface area contributed by atoms with E-state index in [0.29, 0.717) is 11.1 Å². The number of pyridine rings is 1. The fourth-order valence-electron chi connectivity index (χ4n) is 4.27. The van der Waals surface area contributed by atoms with Crippen molar-refractivity contribution >= 4 is 39.4 Å². The van der Waals surface area contributed by atoms with Gasteiger partial charge in [-0.05, 0) is 63.8 Å². The SMILES string of the molecule is CC(C)(O)c1cc2nc(C3CCC(C=O)CC3)sc2cc1NC(=O)c1ncccc1C(F)(F)F. The minimum atomic E-state index is -4.74. The van der Waals surface area contributed by atoms with Crippen LogP contribution in [-0.4, -0.2) is 27.3 Å². The number of anilines is 1. The van der Waals surface area contributed by atoms with E-state index >= 15 is 0 Å². The van der Waals surface area contributed by atoms with E-state index in [1.54, 1.807) is 12.1 Å². The molecule has 2 heterocycles. The normalized spacial score (nSPS) is 19.2. The number of amides is 1. The average molecular weight is 492 g/mol. The molecule has 1 saturated carbocycles. The van der Waals surface area contributed by atoms with Gasteiger partial charge in [0, 0.05) is 29.3 Å². The molecule has 2 N–H and O–H groups in total. The van der Waals surface area contributed by atoms with Gasteiger partial charge in [-0.25, -0.2) is 4.98 Å². The van der Waals surface area contributed by atoms with E-state index in [1.807, 2.05) is 0 Å². The summed E-state index contributed by atoms with van der Waals surface area (Å²) >= 11 is 1.45. The molecule has 1 aliphatic rings. The number of hydrogen-bond acceptors (Lipinski definition) is 6. The number of aldehydes is 1. The molecule has 0 aliphatic heterocycles. The van der Waals surface area contributed by atoms with Crippen LogP contribution in [0.3, 0.4) is 0 Å². The minimum absolute atomic E-state index is 0.0856. The number of hydrogen-bond donors (Lipinski definition) is 2. The van der Waals surface area contributed by atoms with Crippen molar-refractivity contribution in [1.82, 2.24) is 9.97 Å². The molecule has 0 saturated heterocycles. The minimum Gasteiger partial charge on any atom is -0.386 e. The van der Waals surface area contributed by atoms with Crippen LogP contribution >= 0.6 is 11.3 Å². The summed E-state index contributed by atoms with van der Waals surface area (Å²) in [6.45, 7) is 3.05. The Hall–Kier alpha value is -2.85. The molecule has 34 heavy (non-hydrogen) atoms. The standard InChI is InChI=1S/C24H24F3N3O3S/c1-23(2,33)16-10-18-19(34-22(30-18)14-7-5-13(12-31)6-8-14)11-17(16)29-21(32)20-15(24(25,26)27)4-3-9-28-20/h3-4,9-14,33H,5-8H2,1-2H3,(H,29,32). The van der Waals surface area contributed by atoms with Gasteiger partial charge >= 0.3 is 6.18 Å². The lowest BCUT2D eigenvalue weighted by atomic mass is 9.83. The third-order valence-corrected chi connectivity index (χ3v) is 7.27. The number of alkyl halides is 3. The van der Waals surface area contributed by atoms with E-state index in [9.17, 15) is 27.9 Å². The summed E-state index contributed by atoms with van der Waals surface area (Å²) in [5.74, 6) is -0.711. The second-order valence-electron chi connectivity index (χ2n) is 9.08. The lowest BCUT2D eigenvalue weighted by Crippen LogP contribution is -2.23. The van der Waals surface area contributed by atoms with E-state index in [0.717, 1.165) is 60.0 Å². The highest BCUT2D eigenvalue weighted by atomic mass is 32.1. The predicted molar refractivity (Wildman–Crippen MR) is 123 cm³/mol. The predicted octanol–water partition coefficient (Wildman–Crippen LogP) is 5.66. The monoisotopic (exact) mass is 491 g/mol. The van der Waals surface area contributed by atoms with Gasteiger partial charge in [-0.15, -0.1) is 11.3 Å². The van der Waals surface area contributed by atoms with Gasteiger partial charge in [0.05, 0.1) is 26.4 Å². The van der Waals surface area contributed by atoms with Gasteiger partial charge in [0.15, 0.2) is 0 Å². The Morgan fingerprint density at radius 1 is 1.18 bits per heavy atom. The number of nitrogens with one attached hydrogen (secondary N) is 1. The quantitative estimate of drug-likeness (QED) is 0.449. The number of aliphatic hydroxyl groups is 1. The highest BCUT2D eigenvalue weighted by Crippen LogP contribution is 2.41. The van der Waals surface area contributed by atoms with Crippen LogP contribution in [0.5, 0.6) is 0 Å². The number of halogens is 3. The van der Waals surface area contributed by atoms with Gasteiger partial charge in [-0.2, -0.15) is 13.2 Å². The molecule has 6 nitrogen and oxygen atoms in total. The van der Waals surface area contributed by atoms with Gasteiger partial charge in [-0.3, -0.25) is 9.78 Å². The van der Waals surface area contributed by atoms with Gasteiger partial charge in [0.25, 0.3) is 5.91 Å².